The minimum absolute atomic E-state index is 0.436. The number of thiophene rings is 1. The quantitative estimate of drug-likeness (QED) is 0.169. The zero-order valence-electron chi connectivity index (χ0n) is 28.3. The van der Waals surface area contributed by atoms with Crippen molar-refractivity contribution in [1.29, 1.82) is 0 Å². The Labute approximate surface area is 306 Å². The minimum atomic E-state index is -0.436. The van der Waals surface area contributed by atoms with Gasteiger partial charge < -0.3 is 0 Å². The third-order valence-corrected chi connectivity index (χ3v) is 12.3. The van der Waals surface area contributed by atoms with E-state index in [0.717, 1.165) is 16.8 Å². The molecule has 242 valence electrons. The van der Waals surface area contributed by atoms with Gasteiger partial charge in [-0.15, -0.1) is 11.3 Å². The molecule has 0 bridgehead atoms. The van der Waals surface area contributed by atoms with E-state index in [1.807, 2.05) is 11.3 Å². The van der Waals surface area contributed by atoms with E-state index in [-0.39, 0.29) is 0 Å². The lowest BCUT2D eigenvalue weighted by Gasteiger charge is -2.34. The molecule has 52 heavy (non-hydrogen) atoms. The number of hydrogen-bond donors (Lipinski definition) is 0. The molecule has 1 aliphatic carbocycles. The Morgan fingerprint density at radius 1 is 0.404 bits per heavy atom. The molecular weight excluding hydrogens is 647 g/mol. The number of fused-ring (bicyclic) bond motifs is 10. The van der Waals surface area contributed by atoms with Crippen molar-refractivity contribution in [2.75, 3.05) is 0 Å². The number of pyridine rings is 1. The molecule has 2 heterocycles. The molecule has 10 aromatic rings. The highest BCUT2D eigenvalue weighted by molar-refractivity contribution is 7.26. The molecule has 0 atom stereocenters. The van der Waals surface area contributed by atoms with E-state index in [1.54, 1.807) is 0 Å². The van der Waals surface area contributed by atoms with Gasteiger partial charge in [-0.3, -0.25) is 0 Å². The molecule has 1 aliphatic rings. The van der Waals surface area contributed by atoms with Gasteiger partial charge in [0, 0.05) is 41.9 Å². The summed E-state index contributed by atoms with van der Waals surface area (Å²) in [6, 6.07) is 69.0. The normalized spacial score (nSPS) is 13.2. The van der Waals surface area contributed by atoms with Gasteiger partial charge in [0.15, 0.2) is 0 Å². The Hall–Kier alpha value is -6.35. The van der Waals surface area contributed by atoms with Crippen LogP contribution in [0.5, 0.6) is 0 Å². The molecule has 0 fully saturated rings. The Balaban J connectivity index is 1.20. The fourth-order valence-electron chi connectivity index (χ4n) is 8.99. The van der Waals surface area contributed by atoms with Crippen LogP contribution in [0.1, 0.15) is 22.3 Å². The summed E-state index contributed by atoms with van der Waals surface area (Å²) < 4.78 is 2.61. The lowest BCUT2D eigenvalue weighted by atomic mass is 9.67. The van der Waals surface area contributed by atoms with Gasteiger partial charge in [-0.2, -0.15) is 0 Å². The Morgan fingerprint density at radius 3 is 1.83 bits per heavy atom. The zero-order valence-corrected chi connectivity index (χ0v) is 29.1. The summed E-state index contributed by atoms with van der Waals surface area (Å²) >= 11 is 1.90. The lowest BCUT2D eigenvalue weighted by molar-refractivity contribution is 0.769. The summed E-state index contributed by atoms with van der Waals surface area (Å²) in [6.45, 7) is 0. The molecule has 0 spiro atoms. The van der Waals surface area contributed by atoms with Crippen LogP contribution >= 0.6 is 11.3 Å². The molecule has 8 aromatic carbocycles. The van der Waals surface area contributed by atoms with Crippen LogP contribution < -0.4 is 0 Å². The predicted octanol–water partition coefficient (Wildman–Crippen LogP) is 13.5. The van der Waals surface area contributed by atoms with Crippen molar-refractivity contribution in [1.82, 2.24) is 4.98 Å². The van der Waals surface area contributed by atoms with E-state index in [0.29, 0.717) is 0 Å². The van der Waals surface area contributed by atoms with E-state index >= 15 is 0 Å². The topological polar surface area (TPSA) is 12.9 Å². The largest absolute Gasteiger partial charge is 0.247 e. The Kier molecular flexibility index (Phi) is 6.40. The van der Waals surface area contributed by atoms with E-state index in [1.165, 1.54) is 80.8 Å². The summed E-state index contributed by atoms with van der Waals surface area (Å²) in [7, 11) is 0. The van der Waals surface area contributed by atoms with E-state index in [2.05, 4.69) is 188 Å². The van der Waals surface area contributed by atoms with Crippen LogP contribution in [0.3, 0.4) is 0 Å². The van der Waals surface area contributed by atoms with Crippen molar-refractivity contribution in [2.24, 2.45) is 0 Å². The first kappa shape index (κ1) is 29.4. The highest BCUT2D eigenvalue weighted by Gasteiger charge is 2.46. The second kappa shape index (κ2) is 11.3. The number of benzene rings is 8. The van der Waals surface area contributed by atoms with Crippen molar-refractivity contribution in [3.63, 3.8) is 0 Å². The van der Waals surface area contributed by atoms with Crippen molar-refractivity contribution < 1.29 is 0 Å². The van der Waals surface area contributed by atoms with Gasteiger partial charge in [0.1, 0.15) is 0 Å². The van der Waals surface area contributed by atoms with Crippen LogP contribution in [-0.2, 0) is 5.41 Å². The van der Waals surface area contributed by atoms with Crippen molar-refractivity contribution >= 4 is 53.2 Å². The fourth-order valence-corrected chi connectivity index (χ4v) is 10.2. The Bertz CT molecular complexity index is 2960. The third-order valence-electron chi connectivity index (χ3n) is 11.1. The standard InChI is InChI=1S/C50H31NS/c1-4-15-32(16-5-1)48-40-29-30-45-47(46(40)39-22-11-13-26-44(39)51-48)41-24-14-23-36(49(41)52-45)33-27-28-38-37-21-10-12-25-42(37)50(43(38)31-33,34-17-6-2-7-18-34)35-19-8-3-9-20-35/h1-31H. The first-order chi connectivity index (χ1) is 25.8. The summed E-state index contributed by atoms with van der Waals surface area (Å²) in [5.41, 5.74) is 13.1. The number of para-hydroxylation sites is 1. The van der Waals surface area contributed by atoms with Crippen LogP contribution in [0.4, 0.5) is 0 Å². The van der Waals surface area contributed by atoms with E-state index in [9.17, 15) is 0 Å². The van der Waals surface area contributed by atoms with Crippen LogP contribution in [0.2, 0.25) is 0 Å². The van der Waals surface area contributed by atoms with Gasteiger partial charge in [-0.05, 0) is 62.7 Å². The summed E-state index contributed by atoms with van der Waals surface area (Å²) in [5.74, 6) is 0. The first-order valence-corrected chi connectivity index (χ1v) is 18.7. The SMILES string of the molecule is c1ccc(-c2nc3ccccc3c3c2ccc2sc4c(-c5ccc6c(c5)C(c5ccccc5)(c5ccccc5)c5ccccc5-6)cccc4c23)cc1. The van der Waals surface area contributed by atoms with E-state index in [4.69, 9.17) is 4.98 Å². The minimum Gasteiger partial charge on any atom is -0.247 e. The van der Waals surface area contributed by atoms with E-state index < -0.39 is 5.41 Å². The van der Waals surface area contributed by atoms with Crippen molar-refractivity contribution in [3.05, 3.63) is 210 Å². The van der Waals surface area contributed by atoms with Crippen LogP contribution in [0.15, 0.2) is 188 Å². The molecule has 2 heteroatoms. The van der Waals surface area contributed by atoms with Crippen LogP contribution in [-0.4, -0.2) is 4.98 Å². The maximum atomic E-state index is 5.23. The molecular formula is C50H31NS. The van der Waals surface area contributed by atoms with Crippen LogP contribution in [0, 0.1) is 0 Å². The smallest absolute Gasteiger partial charge is 0.0788 e. The molecule has 2 aromatic heterocycles. The zero-order chi connectivity index (χ0) is 34.2. The second-order valence-electron chi connectivity index (χ2n) is 13.8. The van der Waals surface area contributed by atoms with Crippen LogP contribution in [0.25, 0.3) is 75.4 Å². The fraction of sp³-hybridized carbons (Fsp3) is 0.0200. The average molecular weight is 678 g/mol. The molecule has 0 amide bonds. The average Bonchev–Trinajstić information content (AvgIpc) is 3.75. The third kappa shape index (κ3) is 4.07. The lowest BCUT2D eigenvalue weighted by Crippen LogP contribution is -2.28. The maximum absolute atomic E-state index is 5.23. The summed E-state index contributed by atoms with van der Waals surface area (Å²) in [6.07, 6.45) is 0. The van der Waals surface area contributed by atoms with Gasteiger partial charge in [0.05, 0.1) is 16.6 Å². The summed E-state index contributed by atoms with van der Waals surface area (Å²) in [5, 5.41) is 6.26. The number of rotatable bonds is 4. The highest BCUT2D eigenvalue weighted by atomic mass is 32.1. The van der Waals surface area contributed by atoms with Gasteiger partial charge in [0.25, 0.3) is 0 Å². The van der Waals surface area contributed by atoms with Crippen molar-refractivity contribution in [3.8, 4) is 33.5 Å². The molecule has 0 radical (unpaired) electrons. The Morgan fingerprint density at radius 2 is 1.04 bits per heavy atom. The molecule has 1 nitrogen and oxygen atoms in total. The van der Waals surface area contributed by atoms with Gasteiger partial charge >= 0.3 is 0 Å². The predicted molar refractivity (Wildman–Crippen MR) is 220 cm³/mol. The summed E-state index contributed by atoms with van der Waals surface area (Å²) in [4.78, 5) is 5.23. The van der Waals surface area contributed by atoms with Gasteiger partial charge in [-0.1, -0.05) is 170 Å². The van der Waals surface area contributed by atoms with Crippen molar-refractivity contribution in [2.45, 2.75) is 5.41 Å². The first-order valence-electron chi connectivity index (χ1n) is 17.9. The molecule has 0 aliphatic heterocycles. The molecule has 0 N–H and O–H groups in total. The van der Waals surface area contributed by atoms with Gasteiger partial charge in [0.2, 0.25) is 0 Å². The molecule has 0 unspecified atom stereocenters. The second-order valence-corrected chi connectivity index (χ2v) is 14.8. The molecule has 0 saturated carbocycles. The molecule has 11 rings (SSSR count). The molecule has 0 saturated heterocycles. The number of hydrogen-bond acceptors (Lipinski definition) is 2. The van der Waals surface area contributed by atoms with Gasteiger partial charge in [-0.25, -0.2) is 4.98 Å². The number of nitrogens with zero attached hydrogens (tertiary/aromatic N) is 1. The monoisotopic (exact) mass is 677 g/mol. The maximum Gasteiger partial charge on any atom is 0.0788 e. The highest BCUT2D eigenvalue weighted by Crippen LogP contribution is 2.57. The number of aromatic nitrogens is 1.